The zero-order valence-corrected chi connectivity index (χ0v) is 13.8. The number of phenols is 1. The Hall–Kier alpha value is -2.01. The van der Waals surface area contributed by atoms with Gasteiger partial charge in [0.25, 0.3) is 0 Å². The van der Waals surface area contributed by atoms with Crippen molar-refractivity contribution in [3.05, 3.63) is 59.9 Å². The smallest absolute Gasteiger partial charge is 0.160 e. The van der Waals surface area contributed by atoms with Gasteiger partial charge in [0.05, 0.1) is 11.7 Å². The third kappa shape index (κ3) is 2.49. The van der Waals surface area contributed by atoms with E-state index in [1.807, 2.05) is 42.2 Å². The average molecular weight is 325 g/mol. The summed E-state index contributed by atoms with van der Waals surface area (Å²) in [5.74, 6) is 1.39. The molecule has 3 heterocycles. The largest absolute Gasteiger partial charge is 0.508 e. The number of hydrogen-bond acceptors (Lipinski definition) is 5. The highest BCUT2D eigenvalue weighted by atomic mass is 32.2. The van der Waals surface area contributed by atoms with Crippen LogP contribution in [0.1, 0.15) is 36.7 Å². The highest BCUT2D eigenvalue weighted by molar-refractivity contribution is 8.14. The number of hydrogen-bond donors (Lipinski definition) is 1. The Bertz CT molecular complexity index is 717. The molecule has 1 aromatic heterocycles. The van der Waals surface area contributed by atoms with E-state index >= 15 is 0 Å². The number of thioether (sulfide) groups is 1. The maximum atomic E-state index is 9.61. The van der Waals surface area contributed by atoms with Gasteiger partial charge in [-0.05, 0) is 36.2 Å². The molecule has 3 unspecified atom stereocenters. The Kier molecular flexibility index (Phi) is 3.73. The van der Waals surface area contributed by atoms with E-state index in [1.54, 1.807) is 12.1 Å². The van der Waals surface area contributed by atoms with Gasteiger partial charge in [0.2, 0.25) is 0 Å². The van der Waals surface area contributed by atoms with Crippen molar-refractivity contribution in [2.45, 2.75) is 31.5 Å². The summed E-state index contributed by atoms with van der Waals surface area (Å²) in [6.07, 6.45) is 2.94. The standard InChI is InChI=1S/C18H19N3OS/c1-2-13-11-23-18-20-16(15-5-3-4-10-19-15)17(21(13)18)12-6-8-14(22)9-7-12/h3-10,13,16-17,22H,2,11H2,1H3. The first kappa shape index (κ1) is 14.6. The van der Waals surface area contributed by atoms with Crippen LogP contribution >= 0.6 is 11.8 Å². The highest BCUT2D eigenvalue weighted by Crippen LogP contribution is 2.48. The van der Waals surface area contributed by atoms with E-state index in [0.29, 0.717) is 11.8 Å². The molecule has 0 radical (unpaired) electrons. The maximum Gasteiger partial charge on any atom is 0.160 e. The van der Waals surface area contributed by atoms with Gasteiger partial charge >= 0.3 is 0 Å². The number of aromatic nitrogens is 1. The summed E-state index contributed by atoms with van der Waals surface area (Å²) in [6.45, 7) is 2.23. The van der Waals surface area contributed by atoms with Gasteiger partial charge in [-0.3, -0.25) is 9.98 Å². The first-order valence-electron chi connectivity index (χ1n) is 7.96. The molecule has 4 nitrogen and oxygen atoms in total. The number of amidine groups is 1. The van der Waals surface area contributed by atoms with E-state index in [9.17, 15) is 5.11 Å². The normalized spacial score (nSPS) is 26.2. The lowest BCUT2D eigenvalue weighted by Crippen LogP contribution is -2.35. The van der Waals surface area contributed by atoms with Crippen molar-refractivity contribution in [3.63, 3.8) is 0 Å². The number of nitrogens with zero attached hydrogens (tertiary/aromatic N) is 3. The molecule has 0 amide bonds. The predicted molar refractivity (Wildman–Crippen MR) is 93.6 cm³/mol. The third-order valence-corrected chi connectivity index (χ3v) is 5.69. The first-order chi connectivity index (χ1) is 11.3. The lowest BCUT2D eigenvalue weighted by atomic mass is 9.95. The van der Waals surface area contributed by atoms with Crippen LogP contribution in [0.15, 0.2) is 53.7 Å². The lowest BCUT2D eigenvalue weighted by Gasteiger charge is -2.31. The lowest BCUT2D eigenvalue weighted by molar-refractivity contribution is 0.255. The maximum absolute atomic E-state index is 9.61. The van der Waals surface area contributed by atoms with E-state index in [0.717, 1.165) is 23.0 Å². The Labute approximate surface area is 140 Å². The minimum atomic E-state index is 0.0117. The molecule has 3 atom stereocenters. The van der Waals surface area contributed by atoms with Crippen LogP contribution in [0.5, 0.6) is 5.75 Å². The summed E-state index contributed by atoms with van der Waals surface area (Å²) in [5.41, 5.74) is 2.18. The van der Waals surface area contributed by atoms with Gasteiger partial charge in [-0.15, -0.1) is 0 Å². The minimum Gasteiger partial charge on any atom is -0.508 e. The van der Waals surface area contributed by atoms with Gasteiger partial charge in [-0.1, -0.05) is 36.9 Å². The number of aliphatic imine (C=N–C) groups is 1. The molecule has 2 aliphatic heterocycles. The molecule has 2 aliphatic rings. The summed E-state index contributed by atoms with van der Waals surface area (Å²) in [7, 11) is 0. The molecule has 0 bridgehead atoms. The van der Waals surface area contributed by atoms with E-state index in [4.69, 9.17) is 4.99 Å². The Morgan fingerprint density at radius 3 is 2.74 bits per heavy atom. The van der Waals surface area contributed by atoms with Crippen molar-refractivity contribution in [1.29, 1.82) is 0 Å². The van der Waals surface area contributed by atoms with Gasteiger partial charge in [-0.25, -0.2) is 0 Å². The topological polar surface area (TPSA) is 48.7 Å². The van der Waals surface area contributed by atoms with Crippen molar-refractivity contribution in [3.8, 4) is 5.75 Å². The quantitative estimate of drug-likeness (QED) is 0.933. The highest BCUT2D eigenvalue weighted by Gasteiger charge is 2.45. The molecule has 5 heteroatoms. The van der Waals surface area contributed by atoms with Gasteiger partial charge in [0.15, 0.2) is 5.17 Å². The summed E-state index contributed by atoms with van der Waals surface area (Å²) < 4.78 is 0. The van der Waals surface area contributed by atoms with Crippen molar-refractivity contribution >= 4 is 16.9 Å². The molecule has 0 spiro atoms. The van der Waals surface area contributed by atoms with Gasteiger partial charge in [-0.2, -0.15) is 0 Å². The van der Waals surface area contributed by atoms with Crippen molar-refractivity contribution in [2.75, 3.05) is 5.75 Å². The molecule has 2 aromatic rings. The third-order valence-electron chi connectivity index (χ3n) is 4.56. The van der Waals surface area contributed by atoms with Gasteiger partial charge in [0, 0.05) is 18.0 Å². The van der Waals surface area contributed by atoms with Crippen molar-refractivity contribution in [1.82, 2.24) is 9.88 Å². The number of fused-ring (bicyclic) bond motifs is 1. The SMILES string of the molecule is CCC1CSC2=NC(c3ccccn3)C(c3ccc(O)cc3)N21. The van der Waals surface area contributed by atoms with Crippen molar-refractivity contribution < 1.29 is 5.11 Å². The fourth-order valence-corrected chi connectivity index (χ4v) is 4.72. The molecule has 4 rings (SSSR count). The number of aromatic hydroxyl groups is 1. The average Bonchev–Trinajstić information content (AvgIpc) is 3.15. The van der Waals surface area contributed by atoms with Crippen LogP contribution in [0.25, 0.3) is 0 Å². The molecule has 1 N–H and O–H groups in total. The molecule has 1 aromatic carbocycles. The fourth-order valence-electron chi connectivity index (χ4n) is 3.38. The van der Waals surface area contributed by atoms with Crippen LogP contribution in [0.4, 0.5) is 0 Å². The molecule has 118 valence electrons. The first-order valence-corrected chi connectivity index (χ1v) is 8.95. The Morgan fingerprint density at radius 1 is 1.22 bits per heavy atom. The van der Waals surface area contributed by atoms with E-state index in [1.165, 1.54) is 5.56 Å². The zero-order chi connectivity index (χ0) is 15.8. The van der Waals surface area contributed by atoms with Crippen LogP contribution < -0.4 is 0 Å². The van der Waals surface area contributed by atoms with Crippen LogP contribution in [-0.2, 0) is 0 Å². The summed E-state index contributed by atoms with van der Waals surface area (Å²) >= 11 is 1.84. The Balaban J connectivity index is 1.78. The van der Waals surface area contributed by atoms with Gasteiger partial charge < -0.3 is 10.0 Å². The second kappa shape index (κ2) is 5.89. The zero-order valence-electron chi connectivity index (χ0n) is 13.0. The summed E-state index contributed by atoms with van der Waals surface area (Å²) in [5, 5.41) is 10.7. The fraction of sp³-hybridized carbons (Fsp3) is 0.333. The molecular weight excluding hydrogens is 306 g/mol. The second-order valence-corrected chi connectivity index (χ2v) is 6.91. The van der Waals surface area contributed by atoms with E-state index < -0.39 is 0 Å². The number of rotatable bonds is 3. The summed E-state index contributed by atoms with van der Waals surface area (Å²) in [6, 6.07) is 14.2. The van der Waals surface area contributed by atoms with Crippen LogP contribution in [0.3, 0.4) is 0 Å². The molecule has 23 heavy (non-hydrogen) atoms. The Morgan fingerprint density at radius 2 is 2.04 bits per heavy atom. The summed E-state index contributed by atoms with van der Waals surface area (Å²) in [4.78, 5) is 12.0. The van der Waals surface area contributed by atoms with E-state index in [2.05, 4.69) is 22.9 Å². The second-order valence-electron chi connectivity index (χ2n) is 5.93. The van der Waals surface area contributed by atoms with E-state index in [-0.39, 0.29) is 12.1 Å². The number of pyridine rings is 1. The van der Waals surface area contributed by atoms with Crippen LogP contribution in [0, 0.1) is 0 Å². The monoisotopic (exact) mass is 325 g/mol. The predicted octanol–water partition coefficient (Wildman–Crippen LogP) is 3.77. The number of phenolic OH excluding ortho intramolecular Hbond substituents is 1. The van der Waals surface area contributed by atoms with Crippen molar-refractivity contribution in [2.24, 2.45) is 4.99 Å². The minimum absolute atomic E-state index is 0.0117. The van der Waals surface area contributed by atoms with Crippen LogP contribution in [-0.4, -0.2) is 32.0 Å². The molecule has 1 saturated heterocycles. The molecule has 0 saturated carbocycles. The number of benzene rings is 1. The van der Waals surface area contributed by atoms with Gasteiger partial charge in [0.1, 0.15) is 11.8 Å². The molecule has 1 fully saturated rings. The molecule has 0 aliphatic carbocycles. The molecular formula is C18H19N3OS. The van der Waals surface area contributed by atoms with Crippen LogP contribution in [0.2, 0.25) is 0 Å².